The van der Waals surface area contributed by atoms with Crippen LogP contribution in [0.15, 0.2) is 36.9 Å². The van der Waals surface area contributed by atoms with Gasteiger partial charge in [-0.3, -0.25) is 9.59 Å². The third-order valence-corrected chi connectivity index (χ3v) is 5.16. The zero-order valence-electron chi connectivity index (χ0n) is 15.9. The molecule has 1 saturated carbocycles. The molecular weight excluding hydrogens is 379 g/mol. The van der Waals surface area contributed by atoms with E-state index in [9.17, 15) is 24.2 Å². The van der Waals surface area contributed by atoms with Gasteiger partial charge in [-0.25, -0.2) is 9.37 Å². The van der Waals surface area contributed by atoms with Gasteiger partial charge >= 0.3 is 0 Å². The first-order chi connectivity index (χ1) is 13.9. The molecular formula is C20H25FN4O4. The van der Waals surface area contributed by atoms with E-state index in [1.165, 1.54) is 6.07 Å². The number of carbonyl (C=O) groups excluding carboxylic acids is 2. The lowest BCUT2D eigenvalue weighted by Crippen LogP contribution is -2.49. The highest BCUT2D eigenvalue weighted by atomic mass is 19.1. The number of amides is 2. The molecule has 1 aliphatic rings. The van der Waals surface area contributed by atoms with E-state index in [0.29, 0.717) is 25.8 Å². The Kier molecular flexibility index (Phi) is 6.82. The lowest BCUT2D eigenvalue weighted by Gasteiger charge is -2.33. The number of aryl methyl sites for hydroxylation is 1. The van der Waals surface area contributed by atoms with Gasteiger partial charge < -0.3 is 25.4 Å². The molecule has 0 unspecified atom stereocenters. The summed E-state index contributed by atoms with van der Waals surface area (Å²) in [5.74, 6) is -2.37. The molecule has 9 heteroatoms. The maximum absolute atomic E-state index is 13.2. The predicted molar refractivity (Wildman–Crippen MR) is 103 cm³/mol. The average Bonchev–Trinajstić information content (AvgIpc) is 3.22. The first-order valence-corrected chi connectivity index (χ1v) is 9.65. The SMILES string of the molecule is O=C(N[C@@H]1C[C@@H](C(=O)NCCCn2ccnc2)CC[C@H]1O)c1ccc(F)c(O)c1. The fourth-order valence-electron chi connectivity index (χ4n) is 3.49. The number of hydrogen-bond acceptors (Lipinski definition) is 5. The van der Waals surface area contributed by atoms with Crippen LogP contribution in [0.5, 0.6) is 5.75 Å². The number of hydrogen-bond donors (Lipinski definition) is 4. The quantitative estimate of drug-likeness (QED) is 0.518. The van der Waals surface area contributed by atoms with Crippen LogP contribution in [0.3, 0.4) is 0 Å². The van der Waals surface area contributed by atoms with Gasteiger partial charge in [-0.05, 0) is 43.9 Å². The second kappa shape index (κ2) is 9.51. The summed E-state index contributed by atoms with van der Waals surface area (Å²) >= 11 is 0. The molecule has 2 amide bonds. The van der Waals surface area contributed by atoms with Crippen LogP contribution in [0.2, 0.25) is 0 Å². The van der Waals surface area contributed by atoms with Gasteiger partial charge in [0.2, 0.25) is 5.91 Å². The Balaban J connectivity index is 1.49. The van der Waals surface area contributed by atoms with Crippen LogP contribution in [-0.4, -0.2) is 50.3 Å². The number of halogens is 1. The fourth-order valence-corrected chi connectivity index (χ4v) is 3.49. The molecule has 0 saturated heterocycles. The number of carbonyl (C=O) groups is 2. The highest BCUT2D eigenvalue weighted by molar-refractivity contribution is 5.94. The van der Waals surface area contributed by atoms with E-state index < -0.39 is 29.6 Å². The third kappa shape index (κ3) is 5.54. The lowest BCUT2D eigenvalue weighted by molar-refractivity contribution is -0.127. The van der Waals surface area contributed by atoms with Crippen LogP contribution < -0.4 is 10.6 Å². The molecule has 0 radical (unpaired) electrons. The van der Waals surface area contributed by atoms with Crippen molar-refractivity contribution in [3.8, 4) is 5.75 Å². The minimum Gasteiger partial charge on any atom is -0.505 e. The molecule has 4 N–H and O–H groups in total. The Morgan fingerprint density at radius 1 is 1.31 bits per heavy atom. The number of aromatic hydroxyl groups is 1. The van der Waals surface area contributed by atoms with E-state index in [-0.39, 0.29) is 17.4 Å². The molecule has 1 aromatic heterocycles. The molecule has 29 heavy (non-hydrogen) atoms. The molecule has 3 rings (SSSR count). The van der Waals surface area contributed by atoms with Crippen LogP contribution in [0.1, 0.15) is 36.0 Å². The number of aliphatic hydroxyl groups excluding tert-OH is 1. The second-order valence-electron chi connectivity index (χ2n) is 7.27. The summed E-state index contributed by atoms with van der Waals surface area (Å²) < 4.78 is 15.1. The van der Waals surface area contributed by atoms with Gasteiger partial charge in [0.05, 0.1) is 18.5 Å². The summed E-state index contributed by atoms with van der Waals surface area (Å²) in [6.07, 6.45) is 6.53. The van der Waals surface area contributed by atoms with Crippen molar-refractivity contribution in [3.05, 3.63) is 48.3 Å². The molecule has 1 aliphatic carbocycles. The highest BCUT2D eigenvalue weighted by Crippen LogP contribution is 2.26. The number of imidazole rings is 1. The van der Waals surface area contributed by atoms with Gasteiger partial charge in [-0.15, -0.1) is 0 Å². The molecule has 0 spiro atoms. The second-order valence-corrected chi connectivity index (χ2v) is 7.27. The highest BCUT2D eigenvalue weighted by Gasteiger charge is 2.33. The summed E-state index contributed by atoms with van der Waals surface area (Å²) in [4.78, 5) is 28.8. The Bertz CT molecular complexity index is 843. The molecule has 156 valence electrons. The molecule has 2 aromatic rings. The minimum absolute atomic E-state index is 0.0853. The Hall–Kier alpha value is -2.94. The van der Waals surface area contributed by atoms with Crippen LogP contribution in [0, 0.1) is 11.7 Å². The Morgan fingerprint density at radius 2 is 2.14 bits per heavy atom. The number of nitrogens with one attached hydrogen (secondary N) is 2. The van der Waals surface area contributed by atoms with Crippen LogP contribution in [-0.2, 0) is 11.3 Å². The first-order valence-electron chi connectivity index (χ1n) is 9.65. The monoisotopic (exact) mass is 404 g/mol. The molecule has 8 nitrogen and oxygen atoms in total. The maximum atomic E-state index is 13.2. The van der Waals surface area contributed by atoms with Crippen molar-refractivity contribution in [2.45, 2.75) is 44.4 Å². The van der Waals surface area contributed by atoms with Crippen molar-refractivity contribution in [2.24, 2.45) is 5.92 Å². The number of phenolic OH excluding ortho intramolecular Hbond substituents is 1. The summed E-state index contributed by atoms with van der Waals surface area (Å²) in [5.41, 5.74) is 0.0853. The van der Waals surface area contributed by atoms with E-state index in [0.717, 1.165) is 25.1 Å². The molecule has 0 aliphatic heterocycles. The molecule has 1 aromatic carbocycles. The van der Waals surface area contributed by atoms with Gasteiger partial charge in [0, 0.05) is 37.0 Å². The van der Waals surface area contributed by atoms with E-state index in [1.807, 2.05) is 10.8 Å². The fraction of sp³-hybridized carbons (Fsp3) is 0.450. The van der Waals surface area contributed by atoms with Gasteiger partial charge in [-0.2, -0.15) is 0 Å². The zero-order valence-corrected chi connectivity index (χ0v) is 15.9. The summed E-state index contributed by atoms with van der Waals surface area (Å²) in [7, 11) is 0. The summed E-state index contributed by atoms with van der Waals surface area (Å²) in [6, 6.07) is 2.70. The molecule has 3 atom stereocenters. The van der Waals surface area contributed by atoms with E-state index >= 15 is 0 Å². The molecule has 1 heterocycles. The Labute approximate surface area is 167 Å². The summed E-state index contributed by atoms with van der Waals surface area (Å²) in [5, 5.41) is 25.2. The van der Waals surface area contributed by atoms with Crippen molar-refractivity contribution in [3.63, 3.8) is 0 Å². The van der Waals surface area contributed by atoms with Crippen molar-refractivity contribution in [2.75, 3.05) is 6.54 Å². The van der Waals surface area contributed by atoms with E-state index in [4.69, 9.17) is 0 Å². The molecule has 1 fully saturated rings. The smallest absolute Gasteiger partial charge is 0.251 e. The normalized spacial score (nSPS) is 21.5. The molecule has 0 bridgehead atoms. The minimum atomic E-state index is -0.816. The topological polar surface area (TPSA) is 116 Å². The van der Waals surface area contributed by atoms with Crippen LogP contribution in [0.4, 0.5) is 4.39 Å². The number of aromatic nitrogens is 2. The van der Waals surface area contributed by atoms with Gasteiger partial charge in [0.1, 0.15) is 0 Å². The van der Waals surface area contributed by atoms with Crippen molar-refractivity contribution < 1.29 is 24.2 Å². The third-order valence-electron chi connectivity index (χ3n) is 5.16. The number of benzene rings is 1. The number of phenols is 1. The maximum Gasteiger partial charge on any atom is 0.251 e. The van der Waals surface area contributed by atoms with Crippen LogP contribution >= 0.6 is 0 Å². The van der Waals surface area contributed by atoms with Crippen molar-refractivity contribution in [1.82, 2.24) is 20.2 Å². The largest absolute Gasteiger partial charge is 0.505 e. The average molecular weight is 404 g/mol. The van der Waals surface area contributed by atoms with Crippen LogP contribution in [0.25, 0.3) is 0 Å². The standard InChI is InChI=1S/C20H25FN4O4/c21-15-4-2-14(11-18(15)27)20(29)24-16-10-13(3-5-17(16)26)19(28)23-6-1-8-25-9-7-22-12-25/h2,4,7,9,11-13,16-17,26-27H,1,3,5-6,8,10H2,(H,23,28)(H,24,29)/t13-,16+,17+/m0/s1. The number of nitrogens with zero attached hydrogens (tertiary/aromatic N) is 2. The van der Waals surface area contributed by atoms with Gasteiger partial charge in [-0.1, -0.05) is 0 Å². The summed E-state index contributed by atoms with van der Waals surface area (Å²) in [6.45, 7) is 1.29. The first kappa shape index (κ1) is 20.8. The van der Waals surface area contributed by atoms with Gasteiger partial charge in [0.25, 0.3) is 5.91 Å². The Morgan fingerprint density at radius 3 is 2.86 bits per heavy atom. The van der Waals surface area contributed by atoms with E-state index in [1.54, 1.807) is 12.5 Å². The van der Waals surface area contributed by atoms with Gasteiger partial charge in [0.15, 0.2) is 11.6 Å². The lowest BCUT2D eigenvalue weighted by atomic mass is 9.83. The predicted octanol–water partition coefficient (Wildman–Crippen LogP) is 1.19. The van der Waals surface area contributed by atoms with E-state index in [2.05, 4.69) is 15.6 Å². The van der Waals surface area contributed by atoms with Crippen molar-refractivity contribution >= 4 is 11.8 Å². The number of aliphatic hydroxyl groups is 1. The zero-order chi connectivity index (χ0) is 20.8. The number of rotatable bonds is 7. The van der Waals surface area contributed by atoms with Crippen molar-refractivity contribution in [1.29, 1.82) is 0 Å².